The van der Waals surface area contributed by atoms with E-state index in [0.29, 0.717) is 11.8 Å². The highest BCUT2D eigenvalue weighted by Gasteiger charge is 2.19. The van der Waals surface area contributed by atoms with Gasteiger partial charge in [0.1, 0.15) is 11.0 Å². The summed E-state index contributed by atoms with van der Waals surface area (Å²) >= 11 is 0. The van der Waals surface area contributed by atoms with Gasteiger partial charge in [0.25, 0.3) is 0 Å². The van der Waals surface area contributed by atoms with Crippen LogP contribution in [0.15, 0.2) is 288 Å². The molecule has 0 aliphatic heterocycles. The second kappa shape index (κ2) is 19.9. The summed E-state index contributed by atoms with van der Waals surface area (Å²) in [6.07, 6.45) is 1.81. The zero-order valence-electron chi connectivity index (χ0n) is 42.2. The van der Waals surface area contributed by atoms with Gasteiger partial charge in [0.05, 0.1) is 17.1 Å². The molecule has 0 fully saturated rings. The predicted octanol–water partition coefficient (Wildman–Crippen LogP) is 19.1. The molecular formula is C72H46N4O2. The molecule has 0 bridgehead atoms. The minimum absolute atomic E-state index is 0.584. The summed E-state index contributed by atoms with van der Waals surface area (Å²) in [6, 6.07) is 94.6. The Morgan fingerprint density at radius 3 is 0.974 bits per heavy atom. The third-order valence-electron chi connectivity index (χ3n) is 14.5. The zero-order valence-corrected chi connectivity index (χ0v) is 42.2. The SMILES string of the molecule is c1ccc(-c2cc3nc(-c4ccc(-c5ccc(-c6ccc(-c7ccccn7)nc6-c6ccc(-c7ccc(-c8nc9cc(-c%10ccccc%10)c(-c%10ccccc%10)cc9o8)cc7)cc6)cc5)cc4)oc3cc2-c2ccccc2)cc1. The summed E-state index contributed by atoms with van der Waals surface area (Å²) in [5.41, 5.74) is 23.9. The van der Waals surface area contributed by atoms with Crippen LogP contribution in [-0.2, 0) is 0 Å². The maximum absolute atomic E-state index is 6.46. The fourth-order valence-corrected chi connectivity index (χ4v) is 10.5. The van der Waals surface area contributed by atoms with E-state index in [4.69, 9.17) is 23.8 Å². The first-order chi connectivity index (χ1) is 38.6. The smallest absolute Gasteiger partial charge is 0.227 e. The van der Waals surface area contributed by atoms with Crippen LogP contribution in [0.3, 0.4) is 0 Å². The highest BCUT2D eigenvalue weighted by Crippen LogP contribution is 2.41. The predicted molar refractivity (Wildman–Crippen MR) is 317 cm³/mol. The second-order valence-electron chi connectivity index (χ2n) is 19.4. The van der Waals surface area contributed by atoms with Crippen molar-refractivity contribution in [2.45, 2.75) is 0 Å². The van der Waals surface area contributed by atoms with Gasteiger partial charge in [-0.05, 0) is 145 Å². The first-order valence-electron chi connectivity index (χ1n) is 26.1. The Hall–Kier alpha value is -10.6. The van der Waals surface area contributed by atoms with E-state index >= 15 is 0 Å². The Bertz CT molecular complexity index is 4250. The first-order valence-corrected chi connectivity index (χ1v) is 26.1. The molecule has 6 nitrogen and oxygen atoms in total. The molecular weight excluding hydrogens is 953 g/mol. The Morgan fingerprint density at radius 1 is 0.231 bits per heavy atom. The van der Waals surface area contributed by atoms with Crippen molar-refractivity contribution in [2.75, 3.05) is 0 Å². The lowest BCUT2D eigenvalue weighted by molar-refractivity contribution is 0.619. The van der Waals surface area contributed by atoms with Gasteiger partial charge in [0.15, 0.2) is 11.2 Å². The fraction of sp³-hybridized carbons (Fsp3) is 0. The largest absolute Gasteiger partial charge is 0.436 e. The van der Waals surface area contributed by atoms with Crippen LogP contribution in [0.4, 0.5) is 0 Å². The van der Waals surface area contributed by atoms with Crippen molar-refractivity contribution in [2.24, 2.45) is 0 Å². The Balaban J connectivity index is 0.729. The molecule has 4 aromatic heterocycles. The molecule has 6 heteroatoms. The molecule has 14 aromatic rings. The molecule has 366 valence electrons. The van der Waals surface area contributed by atoms with E-state index in [1.165, 1.54) is 0 Å². The topological polar surface area (TPSA) is 77.8 Å². The summed E-state index contributed by atoms with van der Waals surface area (Å²) in [7, 11) is 0. The van der Waals surface area contributed by atoms with Crippen molar-refractivity contribution >= 4 is 22.2 Å². The van der Waals surface area contributed by atoms with Crippen LogP contribution in [-0.4, -0.2) is 19.9 Å². The molecule has 0 aliphatic rings. The van der Waals surface area contributed by atoms with Crippen molar-refractivity contribution in [3.63, 3.8) is 0 Å². The van der Waals surface area contributed by atoms with E-state index in [-0.39, 0.29) is 0 Å². The third kappa shape index (κ3) is 8.93. The van der Waals surface area contributed by atoms with Gasteiger partial charge in [0, 0.05) is 28.5 Å². The molecule has 0 saturated carbocycles. The molecule has 0 spiro atoms. The van der Waals surface area contributed by atoms with Gasteiger partial charge in [-0.2, -0.15) is 0 Å². The van der Waals surface area contributed by atoms with Gasteiger partial charge in [0.2, 0.25) is 11.8 Å². The number of hydrogen-bond acceptors (Lipinski definition) is 6. The molecule has 78 heavy (non-hydrogen) atoms. The fourth-order valence-electron chi connectivity index (χ4n) is 10.5. The second-order valence-corrected chi connectivity index (χ2v) is 19.4. The average molecular weight is 999 g/mol. The maximum Gasteiger partial charge on any atom is 0.227 e. The van der Waals surface area contributed by atoms with Crippen LogP contribution in [0.2, 0.25) is 0 Å². The Kier molecular flexibility index (Phi) is 11.8. The minimum atomic E-state index is 0.584. The maximum atomic E-state index is 6.46. The molecule has 14 rings (SSSR count). The van der Waals surface area contributed by atoms with Gasteiger partial charge in [-0.3, -0.25) is 4.98 Å². The summed E-state index contributed by atoms with van der Waals surface area (Å²) < 4.78 is 12.9. The lowest BCUT2D eigenvalue weighted by Crippen LogP contribution is -1.94. The summed E-state index contributed by atoms with van der Waals surface area (Å²) in [4.78, 5) is 19.9. The standard InChI is InChI=1S/C72H46N4O2/c1-5-15-51(16-6-1)60-43-66-68(45-62(60)53-19-9-3-10-20-53)77-71(75-66)57-36-28-49(29-37-57)47-24-32-55(33-25-47)59-40-41-65(64-23-13-14-42-73-64)74-70(59)56-34-26-48(27-35-56)50-30-38-58(39-31-50)72-76-67-44-61(52-17-7-2-8-18-52)63(46-69(67)78-72)54-21-11-4-12-22-54/h1-46H. The highest BCUT2D eigenvalue weighted by atomic mass is 16.4. The average Bonchev–Trinajstić information content (AvgIpc) is 4.19. The molecule has 0 aliphatic carbocycles. The molecule has 10 aromatic carbocycles. The Labute approximate surface area is 451 Å². The van der Waals surface area contributed by atoms with Crippen molar-refractivity contribution in [1.29, 1.82) is 0 Å². The van der Waals surface area contributed by atoms with Crippen LogP contribution < -0.4 is 0 Å². The van der Waals surface area contributed by atoms with Crippen molar-refractivity contribution in [3.05, 3.63) is 279 Å². The highest BCUT2D eigenvalue weighted by molar-refractivity contribution is 5.95. The molecule has 0 saturated heterocycles. The van der Waals surface area contributed by atoms with E-state index < -0.39 is 0 Å². The number of rotatable bonds is 11. The van der Waals surface area contributed by atoms with Crippen molar-refractivity contribution in [1.82, 2.24) is 19.9 Å². The lowest BCUT2D eigenvalue weighted by Gasteiger charge is -2.13. The van der Waals surface area contributed by atoms with Crippen LogP contribution >= 0.6 is 0 Å². The minimum Gasteiger partial charge on any atom is -0.436 e. The quantitative estimate of drug-likeness (QED) is 0.128. The van der Waals surface area contributed by atoms with Gasteiger partial charge in [-0.1, -0.05) is 200 Å². The van der Waals surface area contributed by atoms with Crippen molar-refractivity contribution < 1.29 is 8.83 Å². The summed E-state index contributed by atoms with van der Waals surface area (Å²) in [5.74, 6) is 1.17. The van der Waals surface area contributed by atoms with Crippen LogP contribution in [0.1, 0.15) is 0 Å². The van der Waals surface area contributed by atoms with Gasteiger partial charge in [-0.15, -0.1) is 0 Å². The zero-order chi connectivity index (χ0) is 51.8. The number of pyridine rings is 2. The number of hydrogen-bond donors (Lipinski definition) is 0. The number of fused-ring (bicyclic) bond motifs is 2. The molecule has 0 amide bonds. The molecule has 4 heterocycles. The third-order valence-corrected chi connectivity index (χ3v) is 14.5. The number of benzene rings is 10. The van der Waals surface area contributed by atoms with E-state index in [1.54, 1.807) is 6.20 Å². The first kappa shape index (κ1) is 46.0. The normalized spacial score (nSPS) is 11.3. The number of oxazole rings is 2. The van der Waals surface area contributed by atoms with E-state index in [1.807, 2.05) is 42.5 Å². The molecule has 0 radical (unpaired) electrons. The molecule has 0 atom stereocenters. The van der Waals surface area contributed by atoms with Gasteiger partial charge in [-0.25, -0.2) is 15.0 Å². The van der Waals surface area contributed by atoms with Crippen LogP contribution in [0, 0.1) is 0 Å². The summed E-state index contributed by atoms with van der Waals surface area (Å²) in [5, 5.41) is 0. The van der Waals surface area contributed by atoms with Crippen LogP contribution in [0.5, 0.6) is 0 Å². The Morgan fingerprint density at radius 2 is 0.577 bits per heavy atom. The molecule has 0 unspecified atom stereocenters. The monoisotopic (exact) mass is 998 g/mol. The summed E-state index contributed by atoms with van der Waals surface area (Å²) in [6.45, 7) is 0. The van der Waals surface area contributed by atoms with Gasteiger partial charge >= 0.3 is 0 Å². The number of aromatic nitrogens is 4. The van der Waals surface area contributed by atoms with Gasteiger partial charge < -0.3 is 8.83 Å². The lowest BCUT2D eigenvalue weighted by atomic mass is 9.94. The van der Waals surface area contributed by atoms with E-state index in [2.05, 4.69) is 236 Å². The van der Waals surface area contributed by atoms with Crippen LogP contribution in [0.25, 0.3) is 146 Å². The van der Waals surface area contributed by atoms with Crippen molar-refractivity contribution in [3.8, 4) is 123 Å². The molecule has 0 N–H and O–H groups in total. The van der Waals surface area contributed by atoms with E-state index in [9.17, 15) is 0 Å². The van der Waals surface area contributed by atoms with E-state index in [0.717, 1.165) is 134 Å². The number of nitrogens with zero attached hydrogens (tertiary/aromatic N) is 4.